The Morgan fingerprint density at radius 3 is 2.50 bits per heavy atom. The Kier molecular flexibility index (Phi) is 5.44. The number of anilines is 1. The molecule has 0 unspecified atom stereocenters. The zero-order valence-corrected chi connectivity index (χ0v) is 12.0. The number of rotatable bonds is 6. The van der Waals surface area contributed by atoms with Crippen LogP contribution in [0.25, 0.3) is 0 Å². The quantitative estimate of drug-likeness (QED) is 0.613. The Labute approximate surface area is 114 Å². The molecule has 0 amide bonds. The van der Waals surface area contributed by atoms with Gasteiger partial charge in [0.25, 0.3) is 0 Å². The van der Waals surface area contributed by atoms with Crippen molar-refractivity contribution in [1.82, 2.24) is 4.90 Å². The molecular weight excluding hydrogens is 248 g/mol. The van der Waals surface area contributed by atoms with E-state index in [2.05, 4.69) is 23.9 Å². The summed E-state index contributed by atoms with van der Waals surface area (Å²) in [4.78, 5) is 4.24. The lowest BCUT2D eigenvalue weighted by atomic mass is 10.1. The lowest BCUT2D eigenvalue weighted by Gasteiger charge is -2.23. The fourth-order valence-corrected chi connectivity index (χ4v) is 2.11. The van der Waals surface area contributed by atoms with Crippen molar-refractivity contribution in [2.75, 3.05) is 39.1 Å². The largest absolute Gasteiger partial charge is 0.384 e. The summed E-state index contributed by atoms with van der Waals surface area (Å²) in [6, 6.07) is 5.58. The van der Waals surface area contributed by atoms with Crippen LogP contribution in [-0.4, -0.2) is 45.0 Å². The van der Waals surface area contributed by atoms with Crippen LogP contribution >= 0.6 is 11.6 Å². The van der Waals surface area contributed by atoms with Gasteiger partial charge in [-0.15, -0.1) is 0 Å². The van der Waals surface area contributed by atoms with Crippen molar-refractivity contribution in [1.29, 1.82) is 5.41 Å². The van der Waals surface area contributed by atoms with Crippen LogP contribution in [0.4, 0.5) is 5.69 Å². The molecule has 0 heterocycles. The highest BCUT2D eigenvalue weighted by Gasteiger charge is 2.13. The van der Waals surface area contributed by atoms with Crippen LogP contribution in [0.5, 0.6) is 0 Å². The molecule has 0 fully saturated rings. The van der Waals surface area contributed by atoms with E-state index in [0.29, 0.717) is 10.6 Å². The van der Waals surface area contributed by atoms with Gasteiger partial charge in [-0.2, -0.15) is 0 Å². The predicted octanol–water partition coefficient (Wildman–Crippen LogP) is 2.01. The second-order valence-electron chi connectivity index (χ2n) is 4.63. The summed E-state index contributed by atoms with van der Waals surface area (Å²) >= 11 is 6.10. The van der Waals surface area contributed by atoms with E-state index in [1.54, 1.807) is 6.07 Å². The van der Waals surface area contributed by atoms with E-state index in [1.165, 1.54) is 0 Å². The predicted molar refractivity (Wildman–Crippen MR) is 78.9 cm³/mol. The second kappa shape index (κ2) is 6.61. The highest BCUT2D eigenvalue weighted by molar-refractivity contribution is 6.34. The molecule has 0 aromatic heterocycles. The minimum absolute atomic E-state index is 0.00931. The van der Waals surface area contributed by atoms with E-state index in [0.717, 1.165) is 25.2 Å². The van der Waals surface area contributed by atoms with Gasteiger partial charge in [0.1, 0.15) is 5.84 Å². The third kappa shape index (κ3) is 3.89. The molecule has 0 spiro atoms. The van der Waals surface area contributed by atoms with Crippen molar-refractivity contribution >= 4 is 23.1 Å². The number of nitrogen functional groups attached to an aromatic ring is 1. The molecule has 3 N–H and O–H groups in total. The van der Waals surface area contributed by atoms with E-state index in [9.17, 15) is 0 Å². The van der Waals surface area contributed by atoms with Crippen molar-refractivity contribution in [3.05, 3.63) is 28.8 Å². The summed E-state index contributed by atoms with van der Waals surface area (Å²) in [5, 5.41) is 8.14. The molecule has 4 nitrogen and oxygen atoms in total. The second-order valence-corrected chi connectivity index (χ2v) is 5.03. The Bertz CT molecular complexity index is 417. The Balaban J connectivity index is 2.82. The third-order valence-corrected chi connectivity index (χ3v) is 3.09. The topological polar surface area (TPSA) is 56.4 Å². The molecule has 1 aromatic carbocycles. The Morgan fingerprint density at radius 1 is 1.28 bits per heavy atom. The average molecular weight is 269 g/mol. The van der Waals surface area contributed by atoms with Crippen LogP contribution in [0.1, 0.15) is 12.0 Å². The number of halogens is 1. The number of hydrogen-bond donors (Lipinski definition) is 2. The number of amidine groups is 1. The van der Waals surface area contributed by atoms with Gasteiger partial charge in [0.15, 0.2) is 0 Å². The highest BCUT2D eigenvalue weighted by atomic mass is 35.5. The lowest BCUT2D eigenvalue weighted by molar-refractivity contribution is 0.401. The van der Waals surface area contributed by atoms with E-state index in [4.69, 9.17) is 22.7 Å². The van der Waals surface area contributed by atoms with Gasteiger partial charge in [-0.1, -0.05) is 17.7 Å². The van der Waals surface area contributed by atoms with E-state index in [-0.39, 0.29) is 5.84 Å². The van der Waals surface area contributed by atoms with Crippen LogP contribution in [0, 0.1) is 5.41 Å². The fourth-order valence-electron chi connectivity index (χ4n) is 1.84. The maximum Gasteiger partial charge on any atom is 0.126 e. The van der Waals surface area contributed by atoms with Crippen LogP contribution in [0.15, 0.2) is 18.2 Å². The average Bonchev–Trinajstić information content (AvgIpc) is 2.27. The lowest BCUT2D eigenvalue weighted by Crippen LogP contribution is -2.26. The molecule has 1 aromatic rings. The molecule has 100 valence electrons. The summed E-state index contributed by atoms with van der Waals surface area (Å²) in [6.45, 7) is 1.93. The summed E-state index contributed by atoms with van der Waals surface area (Å²) in [5.74, 6) is 0.00931. The maximum atomic E-state index is 7.61. The van der Waals surface area contributed by atoms with Gasteiger partial charge >= 0.3 is 0 Å². The van der Waals surface area contributed by atoms with E-state index in [1.807, 2.05) is 19.2 Å². The summed E-state index contributed by atoms with van der Waals surface area (Å²) in [7, 11) is 6.11. The molecule has 0 bridgehead atoms. The zero-order valence-electron chi connectivity index (χ0n) is 11.2. The normalized spacial score (nSPS) is 10.7. The molecule has 0 saturated heterocycles. The third-order valence-electron chi connectivity index (χ3n) is 2.77. The molecular formula is C13H21ClN4. The molecule has 0 aliphatic heterocycles. The summed E-state index contributed by atoms with van der Waals surface area (Å²) in [6.07, 6.45) is 1.05. The SMILES string of the molecule is CN(C)CCCN(C)c1cccc(Cl)c1C(=N)N. The van der Waals surface area contributed by atoms with Crippen LogP contribution < -0.4 is 10.6 Å². The molecule has 18 heavy (non-hydrogen) atoms. The van der Waals surface area contributed by atoms with Gasteiger partial charge in [0.2, 0.25) is 0 Å². The van der Waals surface area contributed by atoms with E-state index < -0.39 is 0 Å². The van der Waals surface area contributed by atoms with Gasteiger partial charge in [0, 0.05) is 19.3 Å². The summed E-state index contributed by atoms with van der Waals surface area (Å²) < 4.78 is 0. The van der Waals surface area contributed by atoms with Crippen LogP contribution in [0.2, 0.25) is 5.02 Å². The number of nitrogens with zero attached hydrogens (tertiary/aromatic N) is 2. The van der Waals surface area contributed by atoms with Crippen molar-refractivity contribution < 1.29 is 0 Å². The smallest absolute Gasteiger partial charge is 0.126 e. The monoisotopic (exact) mass is 268 g/mol. The first-order valence-electron chi connectivity index (χ1n) is 5.92. The molecule has 0 saturated carbocycles. The van der Waals surface area contributed by atoms with Gasteiger partial charge in [-0.3, -0.25) is 5.41 Å². The molecule has 0 atom stereocenters. The first kappa shape index (κ1) is 14.8. The zero-order chi connectivity index (χ0) is 13.7. The number of nitrogens with one attached hydrogen (secondary N) is 1. The minimum atomic E-state index is 0.00931. The van der Waals surface area contributed by atoms with Crippen molar-refractivity contribution in [3.8, 4) is 0 Å². The maximum absolute atomic E-state index is 7.61. The first-order chi connectivity index (χ1) is 8.43. The van der Waals surface area contributed by atoms with Crippen LogP contribution in [0.3, 0.4) is 0 Å². The Morgan fingerprint density at radius 2 is 1.94 bits per heavy atom. The van der Waals surface area contributed by atoms with Crippen molar-refractivity contribution in [3.63, 3.8) is 0 Å². The molecule has 5 heteroatoms. The molecule has 0 radical (unpaired) electrons. The fraction of sp³-hybridized carbons (Fsp3) is 0.462. The van der Waals surface area contributed by atoms with E-state index >= 15 is 0 Å². The molecule has 1 rings (SSSR count). The van der Waals surface area contributed by atoms with Gasteiger partial charge in [0.05, 0.1) is 10.6 Å². The van der Waals surface area contributed by atoms with Crippen molar-refractivity contribution in [2.24, 2.45) is 5.73 Å². The molecule has 0 aliphatic rings. The van der Waals surface area contributed by atoms with Crippen LogP contribution in [-0.2, 0) is 0 Å². The van der Waals surface area contributed by atoms with Crippen molar-refractivity contribution in [2.45, 2.75) is 6.42 Å². The molecule has 0 aliphatic carbocycles. The van der Waals surface area contributed by atoms with Gasteiger partial charge in [-0.05, 0) is 39.2 Å². The van der Waals surface area contributed by atoms with Gasteiger partial charge in [-0.25, -0.2) is 0 Å². The standard InChI is InChI=1S/C13H21ClN4/c1-17(2)8-5-9-18(3)11-7-4-6-10(14)12(11)13(15)16/h4,6-7H,5,8-9H2,1-3H3,(H3,15,16). The Hall–Kier alpha value is -1.26. The first-order valence-corrected chi connectivity index (χ1v) is 6.30. The minimum Gasteiger partial charge on any atom is -0.384 e. The number of hydrogen-bond acceptors (Lipinski definition) is 3. The summed E-state index contributed by atoms with van der Waals surface area (Å²) in [5.41, 5.74) is 7.12. The number of benzene rings is 1. The highest BCUT2D eigenvalue weighted by Crippen LogP contribution is 2.26. The van der Waals surface area contributed by atoms with Gasteiger partial charge < -0.3 is 15.5 Å². The number of nitrogens with two attached hydrogens (primary N) is 1.